The van der Waals surface area contributed by atoms with Gasteiger partial charge in [-0.2, -0.15) is 0 Å². The largest absolute Gasteiger partial charge is 0.122 e. The molecule has 0 fully saturated rings. The Balaban J connectivity index is 3.26. The number of hydrogen-bond acceptors (Lipinski definition) is 1. The molecule has 2 heteroatoms. The van der Waals surface area contributed by atoms with Crippen LogP contribution in [0.4, 0.5) is 0 Å². The Kier molecular flexibility index (Phi) is 2.95. The van der Waals surface area contributed by atoms with Crippen LogP contribution in [-0.4, -0.2) is 11.5 Å². The maximum Gasteiger partial charge on any atom is 0.00341 e. The van der Waals surface area contributed by atoms with Crippen LogP contribution in [0.25, 0.3) is 0 Å². The molecule has 0 heterocycles. The predicted molar refractivity (Wildman–Crippen MR) is 35.8 cm³/mol. The van der Waals surface area contributed by atoms with Crippen LogP contribution in [0.2, 0.25) is 0 Å². The molecule has 0 aliphatic heterocycles. The van der Waals surface area contributed by atoms with Crippen LogP contribution >= 0.6 is 0 Å². The van der Waals surface area contributed by atoms with Crippen LogP contribution in [0.5, 0.6) is 0 Å². The molecule has 0 aromatic rings. The maximum absolute atomic E-state index is 4.93. The summed E-state index contributed by atoms with van der Waals surface area (Å²) in [6.45, 7) is 4.30. The summed E-state index contributed by atoms with van der Waals surface area (Å²) in [4.78, 5) is 0. The minimum Gasteiger partial charge on any atom is -0.122 e. The van der Waals surface area contributed by atoms with Crippen LogP contribution in [0.1, 0.15) is 13.8 Å². The Morgan fingerprint density at radius 1 is 1.50 bits per heavy atom. The first kappa shape index (κ1) is 6.57. The van der Waals surface area contributed by atoms with E-state index >= 15 is 0 Å². The summed E-state index contributed by atoms with van der Waals surface area (Å²) in [7, 11) is 0.216. The first-order chi connectivity index (χ1) is 2.64. The second kappa shape index (κ2) is 2.69. The highest BCUT2D eigenvalue weighted by atomic mass is 32.8. The molecular formula is C4H10S2. The fourth-order valence-corrected chi connectivity index (χ4v) is 0. The molecule has 6 heavy (non-hydrogen) atoms. The van der Waals surface area contributed by atoms with E-state index in [1.165, 1.54) is 0 Å². The molecule has 0 N–H and O–H groups in total. The highest BCUT2D eigenvalue weighted by Gasteiger charge is 1.87. The maximum atomic E-state index is 4.93. The molecule has 0 saturated heterocycles. The zero-order valence-electron chi connectivity index (χ0n) is 4.39. The fourth-order valence-electron chi connectivity index (χ4n) is 0. The van der Waals surface area contributed by atoms with Gasteiger partial charge in [-0.05, 0) is 6.26 Å². The van der Waals surface area contributed by atoms with Crippen LogP contribution in [0.15, 0.2) is 0 Å². The van der Waals surface area contributed by atoms with Gasteiger partial charge < -0.3 is 0 Å². The van der Waals surface area contributed by atoms with Crippen molar-refractivity contribution in [1.82, 2.24) is 0 Å². The Morgan fingerprint density at radius 2 is 1.67 bits per heavy atom. The molecule has 0 aliphatic rings. The average molecular weight is 122 g/mol. The minimum atomic E-state index is 0.216. The van der Waals surface area contributed by atoms with Gasteiger partial charge in [-0.1, -0.05) is 25.0 Å². The van der Waals surface area contributed by atoms with Gasteiger partial charge in [-0.25, -0.2) is 0 Å². The molecule has 0 bridgehead atoms. The molecule has 38 valence electrons. The Hall–Kier alpha value is 0.570. The molecular weight excluding hydrogens is 112 g/mol. The third kappa shape index (κ3) is 2.79. The molecule has 0 spiro atoms. The van der Waals surface area contributed by atoms with Crippen LogP contribution in [-0.2, 0) is 20.6 Å². The van der Waals surface area contributed by atoms with E-state index in [1.807, 2.05) is 0 Å². The molecule has 0 radical (unpaired) electrons. The standard InChI is InChI=1S/C4H10S2/c1-4(2)6(3)5/h4H,1-3H3. The first-order valence-corrected chi connectivity index (χ1v) is 4.59. The fraction of sp³-hybridized carbons (Fsp3) is 1.00. The quantitative estimate of drug-likeness (QED) is 0.502. The molecule has 0 rings (SSSR count). The van der Waals surface area contributed by atoms with E-state index in [9.17, 15) is 0 Å². The second-order valence-electron chi connectivity index (χ2n) is 1.55. The lowest BCUT2D eigenvalue weighted by atomic mass is 10.6. The summed E-state index contributed by atoms with van der Waals surface area (Å²) in [6.07, 6.45) is 2.08. The Bertz CT molecular complexity index is 56.6. The monoisotopic (exact) mass is 122 g/mol. The van der Waals surface area contributed by atoms with Gasteiger partial charge in [0.15, 0.2) is 0 Å². The predicted octanol–water partition coefficient (Wildman–Crippen LogP) is 1.10. The van der Waals surface area contributed by atoms with E-state index in [-0.39, 0.29) is 9.45 Å². The molecule has 0 saturated carbocycles. The summed E-state index contributed by atoms with van der Waals surface area (Å²) >= 11 is 4.93. The highest BCUT2D eigenvalue weighted by Crippen LogP contribution is 1.86. The van der Waals surface area contributed by atoms with Gasteiger partial charge in [0.05, 0.1) is 0 Å². The molecule has 0 amide bonds. The molecule has 0 aliphatic carbocycles. The van der Waals surface area contributed by atoms with Gasteiger partial charge in [0.1, 0.15) is 0 Å². The van der Waals surface area contributed by atoms with Crippen LogP contribution in [0.3, 0.4) is 0 Å². The Labute approximate surface area is 46.5 Å². The summed E-state index contributed by atoms with van der Waals surface area (Å²) in [5.74, 6) is 0. The summed E-state index contributed by atoms with van der Waals surface area (Å²) in [5, 5.41) is 0.694. The molecule has 0 aromatic carbocycles. The first-order valence-electron chi connectivity index (χ1n) is 1.97. The molecule has 0 nitrogen and oxygen atoms in total. The Morgan fingerprint density at radius 3 is 1.67 bits per heavy atom. The molecule has 1 unspecified atom stereocenters. The topological polar surface area (TPSA) is 0 Å². The van der Waals surface area contributed by atoms with Crippen molar-refractivity contribution >= 4 is 20.6 Å². The lowest BCUT2D eigenvalue weighted by molar-refractivity contribution is 1.11. The number of hydrogen-bond donors (Lipinski definition) is 0. The highest BCUT2D eigenvalue weighted by molar-refractivity contribution is 8.28. The van der Waals surface area contributed by atoms with Gasteiger partial charge in [0, 0.05) is 5.25 Å². The van der Waals surface area contributed by atoms with Crippen LogP contribution < -0.4 is 0 Å². The van der Waals surface area contributed by atoms with Crippen molar-refractivity contribution in [2.45, 2.75) is 19.1 Å². The van der Waals surface area contributed by atoms with Crippen molar-refractivity contribution in [3.05, 3.63) is 0 Å². The van der Waals surface area contributed by atoms with Crippen molar-refractivity contribution in [1.29, 1.82) is 0 Å². The lowest BCUT2D eigenvalue weighted by Gasteiger charge is -1.97. The summed E-state index contributed by atoms with van der Waals surface area (Å²) < 4.78 is 0. The number of rotatable bonds is 1. The summed E-state index contributed by atoms with van der Waals surface area (Å²) in [6, 6.07) is 0. The normalized spacial score (nSPS) is 15.3. The minimum absolute atomic E-state index is 0.216. The van der Waals surface area contributed by atoms with E-state index in [2.05, 4.69) is 20.1 Å². The van der Waals surface area contributed by atoms with E-state index in [0.29, 0.717) is 5.25 Å². The van der Waals surface area contributed by atoms with Gasteiger partial charge in [0.2, 0.25) is 0 Å². The average Bonchev–Trinajstić information content (AvgIpc) is 1.36. The van der Waals surface area contributed by atoms with Gasteiger partial charge in [0.25, 0.3) is 0 Å². The summed E-state index contributed by atoms with van der Waals surface area (Å²) in [5.41, 5.74) is 0. The SMILES string of the molecule is CC(C)S(C)=S. The van der Waals surface area contributed by atoms with Crippen LogP contribution in [0, 0.1) is 0 Å². The molecule has 1 atom stereocenters. The third-order valence-corrected chi connectivity index (χ3v) is 3.15. The zero-order chi connectivity index (χ0) is 5.15. The smallest absolute Gasteiger partial charge is 0.00341 e. The van der Waals surface area contributed by atoms with Gasteiger partial charge in [-0.3, -0.25) is 0 Å². The lowest BCUT2D eigenvalue weighted by Crippen LogP contribution is -1.99. The van der Waals surface area contributed by atoms with E-state index in [0.717, 1.165) is 0 Å². The van der Waals surface area contributed by atoms with Crippen molar-refractivity contribution in [3.63, 3.8) is 0 Å². The van der Waals surface area contributed by atoms with Gasteiger partial charge >= 0.3 is 0 Å². The van der Waals surface area contributed by atoms with E-state index in [4.69, 9.17) is 11.2 Å². The molecule has 0 aromatic heterocycles. The second-order valence-corrected chi connectivity index (χ2v) is 5.06. The van der Waals surface area contributed by atoms with E-state index in [1.54, 1.807) is 0 Å². The van der Waals surface area contributed by atoms with Crippen molar-refractivity contribution in [3.8, 4) is 0 Å². The third-order valence-electron chi connectivity index (χ3n) is 0.664. The van der Waals surface area contributed by atoms with Crippen molar-refractivity contribution < 1.29 is 0 Å². The van der Waals surface area contributed by atoms with Crippen molar-refractivity contribution in [2.75, 3.05) is 6.26 Å². The zero-order valence-corrected chi connectivity index (χ0v) is 6.03. The van der Waals surface area contributed by atoms with Crippen molar-refractivity contribution in [2.24, 2.45) is 0 Å². The van der Waals surface area contributed by atoms with E-state index < -0.39 is 0 Å². The van der Waals surface area contributed by atoms with Gasteiger partial charge in [-0.15, -0.1) is 9.45 Å².